The number of rotatable bonds is 6. The summed E-state index contributed by atoms with van der Waals surface area (Å²) in [5.74, 6) is 0.198. The molecule has 0 radical (unpaired) electrons. The van der Waals surface area contributed by atoms with Gasteiger partial charge in [-0.25, -0.2) is 0 Å². The molecule has 0 spiro atoms. The van der Waals surface area contributed by atoms with Gasteiger partial charge in [-0.2, -0.15) is 5.10 Å². The van der Waals surface area contributed by atoms with E-state index in [9.17, 15) is 4.79 Å². The normalized spacial score (nSPS) is 16.7. The Morgan fingerprint density at radius 2 is 2.05 bits per heavy atom. The van der Waals surface area contributed by atoms with E-state index in [1.54, 1.807) is 7.11 Å². The molecular formula is C15H26N4O2. The van der Waals surface area contributed by atoms with Crippen molar-refractivity contribution >= 4 is 5.91 Å². The number of carbonyl (C=O) groups is 1. The summed E-state index contributed by atoms with van der Waals surface area (Å²) in [5.41, 5.74) is 1.24. The van der Waals surface area contributed by atoms with Crippen LogP contribution in [0.4, 0.5) is 0 Å². The third-order valence-corrected chi connectivity index (χ3v) is 3.84. The maximum atomic E-state index is 11.9. The predicted octanol–water partition coefficient (Wildman–Crippen LogP) is 1.14. The van der Waals surface area contributed by atoms with Crippen molar-refractivity contribution in [1.82, 2.24) is 19.6 Å². The zero-order valence-electron chi connectivity index (χ0n) is 13.3. The van der Waals surface area contributed by atoms with Crippen LogP contribution in [0.2, 0.25) is 0 Å². The monoisotopic (exact) mass is 294 g/mol. The van der Waals surface area contributed by atoms with Crippen LogP contribution < -0.4 is 0 Å². The summed E-state index contributed by atoms with van der Waals surface area (Å²) < 4.78 is 6.94. The van der Waals surface area contributed by atoms with Gasteiger partial charge in [-0.3, -0.25) is 14.4 Å². The van der Waals surface area contributed by atoms with Crippen molar-refractivity contribution in [2.24, 2.45) is 0 Å². The number of methoxy groups -OCH3 is 1. The zero-order valence-corrected chi connectivity index (χ0v) is 13.3. The highest BCUT2D eigenvalue weighted by Crippen LogP contribution is 2.11. The Labute approximate surface area is 126 Å². The fourth-order valence-corrected chi connectivity index (χ4v) is 2.50. The molecule has 0 bridgehead atoms. The average molecular weight is 294 g/mol. The molecule has 0 saturated carbocycles. The van der Waals surface area contributed by atoms with Gasteiger partial charge in [-0.15, -0.1) is 0 Å². The molecular weight excluding hydrogens is 268 g/mol. The summed E-state index contributed by atoms with van der Waals surface area (Å²) >= 11 is 0. The molecule has 2 rings (SSSR count). The molecule has 1 saturated heterocycles. The van der Waals surface area contributed by atoms with Gasteiger partial charge in [0.05, 0.1) is 19.2 Å². The molecule has 1 aliphatic heterocycles. The maximum absolute atomic E-state index is 11.9. The van der Waals surface area contributed by atoms with Crippen LogP contribution in [0, 0.1) is 0 Å². The van der Waals surface area contributed by atoms with E-state index in [4.69, 9.17) is 4.74 Å². The Hall–Kier alpha value is -1.40. The second-order valence-corrected chi connectivity index (χ2v) is 5.82. The minimum Gasteiger partial charge on any atom is -0.384 e. The third-order valence-electron chi connectivity index (χ3n) is 3.84. The van der Waals surface area contributed by atoms with Crippen molar-refractivity contribution in [3.8, 4) is 0 Å². The maximum Gasteiger partial charge on any atom is 0.224 e. The lowest BCUT2D eigenvalue weighted by Gasteiger charge is -2.34. The molecule has 0 N–H and O–H groups in total. The molecule has 1 aromatic rings. The first-order chi connectivity index (χ1) is 10.1. The van der Waals surface area contributed by atoms with E-state index in [1.165, 1.54) is 5.56 Å². The lowest BCUT2D eigenvalue weighted by atomic mass is 10.2. The van der Waals surface area contributed by atoms with Crippen molar-refractivity contribution in [2.75, 3.05) is 39.9 Å². The molecule has 1 aliphatic rings. The van der Waals surface area contributed by atoms with Crippen LogP contribution >= 0.6 is 0 Å². The molecule has 118 valence electrons. The second-order valence-electron chi connectivity index (χ2n) is 5.82. The van der Waals surface area contributed by atoms with E-state index in [1.807, 2.05) is 15.8 Å². The van der Waals surface area contributed by atoms with Crippen LogP contribution in [0.15, 0.2) is 12.4 Å². The Morgan fingerprint density at radius 1 is 1.33 bits per heavy atom. The molecule has 0 unspecified atom stereocenters. The first-order valence-electron chi connectivity index (χ1n) is 7.62. The van der Waals surface area contributed by atoms with E-state index in [0.717, 1.165) is 32.7 Å². The van der Waals surface area contributed by atoms with Gasteiger partial charge < -0.3 is 9.64 Å². The van der Waals surface area contributed by atoms with Crippen LogP contribution in [0.3, 0.4) is 0 Å². The van der Waals surface area contributed by atoms with Crippen LogP contribution in [0.25, 0.3) is 0 Å². The molecule has 6 nitrogen and oxygen atoms in total. The van der Waals surface area contributed by atoms with E-state index in [0.29, 0.717) is 19.1 Å². The lowest BCUT2D eigenvalue weighted by Crippen LogP contribution is -2.48. The van der Waals surface area contributed by atoms with Gasteiger partial charge in [0.2, 0.25) is 5.91 Å². The molecule has 0 aromatic carbocycles. The van der Waals surface area contributed by atoms with Crippen LogP contribution in [-0.2, 0) is 16.1 Å². The number of ether oxygens (including phenoxy) is 1. The molecule has 0 aliphatic carbocycles. The quantitative estimate of drug-likeness (QED) is 0.789. The smallest absolute Gasteiger partial charge is 0.224 e. The van der Waals surface area contributed by atoms with Crippen LogP contribution in [0.5, 0.6) is 0 Å². The third kappa shape index (κ3) is 4.54. The fourth-order valence-electron chi connectivity index (χ4n) is 2.50. The van der Waals surface area contributed by atoms with Crippen LogP contribution in [0.1, 0.15) is 31.9 Å². The van der Waals surface area contributed by atoms with E-state index >= 15 is 0 Å². The summed E-state index contributed by atoms with van der Waals surface area (Å²) in [6.45, 7) is 9.13. The highest BCUT2D eigenvalue weighted by Gasteiger charge is 2.21. The molecule has 2 heterocycles. The van der Waals surface area contributed by atoms with Gasteiger partial charge in [-0.05, 0) is 13.8 Å². The van der Waals surface area contributed by atoms with Crippen molar-refractivity contribution in [3.63, 3.8) is 0 Å². The summed E-state index contributed by atoms with van der Waals surface area (Å²) in [7, 11) is 1.63. The molecule has 21 heavy (non-hydrogen) atoms. The Bertz CT molecular complexity index is 450. The number of hydrogen-bond acceptors (Lipinski definition) is 4. The van der Waals surface area contributed by atoms with E-state index in [-0.39, 0.29) is 5.91 Å². The predicted molar refractivity (Wildman–Crippen MR) is 81.0 cm³/mol. The highest BCUT2D eigenvalue weighted by atomic mass is 16.5. The number of aromatic nitrogens is 2. The minimum atomic E-state index is 0.198. The lowest BCUT2D eigenvalue weighted by molar-refractivity contribution is -0.133. The van der Waals surface area contributed by atoms with Crippen molar-refractivity contribution in [3.05, 3.63) is 18.0 Å². The molecule has 1 aromatic heterocycles. The van der Waals surface area contributed by atoms with E-state index < -0.39 is 0 Å². The molecule has 1 fully saturated rings. The van der Waals surface area contributed by atoms with Gasteiger partial charge in [0.25, 0.3) is 0 Å². The summed E-state index contributed by atoms with van der Waals surface area (Å²) in [5, 5.41) is 4.37. The largest absolute Gasteiger partial charge is 0.384 e. The van der Waals surface area contributed by atoms with Crippen molar-refractivity contribution in [2.45, 2.75) is 32.9 Å². The number of amides is 1. The number of hydrogen-bond donors (Lipinski definition) is 0. The second kappa shape index (κ2) is 7.56. The van der Waals surface area contributed by atoms with Gasteiger partial charge in [0.1, 0.15) is 0 Å². The standard InChI is InChI=1S/C15H26N4O2/c1-13(2)19-12-14(10-16-19)11-17-5-7-18(8-6-17)15(20)4-9-21-3/h10,12-13H,4-9,11H2,1-3H3. The minimum absolute atomic E-state index is 0.198. The van der Waals surface area contributed by atoms with Gasteiger partial charge in [0, 0.05) is 57.6 Å². The van der Waals surface area contributed by atoms with Gasteiger partial charge >= 0.3 is 0 Å². The number of carbonyl (C=O) groups excluding carboxylic acids is 1. The average Bonchev–Trinajstić information content (AvgIpc) is 2.94. The Morgan fingerprint density at radius 3 is 2.62 bits per heavy atom. The Kier molecular flexibility index (Phi) is 5.76. The number of nitrogens with zero attached hydrogens (tertiary/aromatic N) is 4. The molecule has 1 amide bonds. The first-order valence-corrected chi connectivity index (χ1v) is 7.62. The topological polar surface area (TPSA) is 50.6 Å². The molecule has 0 atom stereocenters. The highest BCUT2D eigenvalue weighted by molar-refractivity contribution is 5.76. The van der Waals surface area contributed by atoms with Crippen molar-refractivity contribution < 1.29 is 9.53 Å². The zero-order chi connectivity index (χ0) is 15.2. The Balaban J connectivity index is 1.77. The van der Waals surface area contributed by atoms with Gasteiger partial charge in [-0.1, -0.05) is 0 Å². The fraction of sp³-hybridized carbons (Fsp3) is 0.733. The SMILES string of the molecule is COCCC(=O)N1CCN(Cc2cnn(C(C)C)c2)CC1. The van der Waals surface area contributed by atoms with Crippen LogP contribution in [-0.4, -0.2) is 65.4 Å². The number of piperazine rings is 1. The molecule has 6 heteroatoms. The first kappa shape index (κ1) is 16.0. The van der Waals surface area contributed by atoms with E-state index in [2.05, 4.69) is 30.0 Å². The van der Waals surface area contributed by atoms with Gasteiger partial charge in [0.15, 0.2) is 0 Å². The summed E-state index contributed by atoms with van der Waals surface area (Å²) in [6.07, 6.45) is 4.54. The summed E-state index contributed by atoms with van der Waals surface area (Å²) in [4.78, 5) is 16.2. The summed E-state index contributed by atoms with van der Waals surface area (Å²) in [6, 6.07) is 0.397. The van der Waals surface area contributed by atoms with Crippen molar-refractivity contribution in [1.29, 1.82) is 0 Å².